The number of phenols is 1. The summed E-state index contributed by atoms with van der Waals surface area (Å²) in [4.78, 5) is 12.0. The van der Waals surface area contributed by atoms with Crippen LogP contribution in [0.5, 0.6) is 5.75 Å². The summed E-state index contributed by atoms with van der Waals surface area (Å²) in [6.45, 7) is 1.08. The first-order chi connectivity index (χ1) is 6.59. The van der Waals surface area contributed by atoms with E-state index >= 15 is 0 Å². The predicted molar refractivity (Wildman–Crippen MR) is 53.3 cm³/mol. The molecule has 14 heavy (non-hydrogen) atoms. The molecule has 4 heteroatoms. The van der Waals surface area contributed by atoms with Gasteiger partial charge in [0.1, 0.15) is 5.75 Å². The molecule has 0 saturated heterocycles. The summed E-state index contributed by atoms with van der Waals surface area (Å²) in [6, 6.07) is 7.17. The maximum absolute atomic E-state index is 9.03. The quantitative estimate of drug-likeness (QED) is 0.598. The Morgan fingerprint density at radius 2 is 2.00 bits per heavy atom. The third-order valence-electron chi connectivity index (χ3n) is 1.54. The molecule has 0 aliphatic rings. The molecule has 1 aromatic heterocycles. The number of hydrogen-bond acceptors (Lipinski definition) is 2. The number of aromatic nitrogens is 1. The highest BCUT2D eigenvalue weighted by Crippen LogP contribution is 2.17. The van der Waals surface area contributed by atoms with Crippen molar-refractivity contribution >= 4 is 16.9 Å². The highest BCUT2D eigenvalue weighted by Gasteiger charge is 1.92. The summed E-state index contributed by atoms with van der Waals surface area (Å²) in [5.74, 6) is -0.521. The maximum Gasteiger partial charge on any atom is 0.300 e. The first kappa shape index (κ1) is 10.1. The number of carboxylic acid groups (broad SMARTS) is 1. The van der Waals surface area contributed by atoms with Gasteiger partial charge in [-0.05, 0) is 24.3 Å². The van der Waals surface area contributed by atoms with Crippen molar-refractivity contribution in [1.29, 1.82) is 0 Å². The molecule has 2 aromatic rings. The van der Waals surface area contributed by atoms with Crippen molar-refractivity contribution in [2.45, 2.75) is 6.92 Å². The van der Waals surface area contributed by atoms with Crippen molar-refractivity contribution in [3.63, 3.8) is 0 Å². The van der Waals surface area contributed by atoms with Gasteiger partial charge in [0.05, 0.1) is 0 Å². The molecular weight excluding hydrogens is 182 g/mol. The lowest BCUT2D eigenvalue weighted by atomic mass is 10.2. The van der Waals surface area contributed by atoms with Crippen LogP contribution in [0.2, 0.25) is 0 Å². The topological polar surface area (TPSA) is 73.3 Å². The van der Waals surface area contributed by atoms with Gasteiger partial charge in [0, 0.05) is 24.0 Å². The molecule has 0 saturated carbocycles. The Morgan fingerprint density at radius 1 is 1.36 bits per heavy atom. The van der Waals surface area contributed by atoms with Gasteiger partial charge in [-0.15, -0.1) is 0 Å². The molecule has 0 amide bonds. The van der Waals surface area contributed by atoms with Crippen LogP contribution >= 0.6 is 0 Å². The minimum Gasteiger partial charge on any atom is -0.508 e. The number of aromatic amines is 1. The molecular formula is C10H11NO3. The van der Waals surface area contributed by atoms with Gasteiger partial charge in [-0.3, -0.25) is 4.79 Å². The van der Waals surface area contributed by atoms with Crippen LogP contribution in [0, 0.1) is 0 Å². The van der Waals surface area contributed by atoms with E-state index in [1.807, 2.05) is 18.3 Å². The average molecular weight is 193 g/mol. The first-order valence-corrected chi connectivity index (χ1v) is 4.05. The van der Waals surface area contributed by atoms with Gasteiger partial charge in [0.25, 0.3) is 5.97 Å². The standard InChI is InChI=1S/C8H7NO.C2H4O2/c10-7-1-2-8-6(5-7)3-4-9-8;1-2(3)4/h1-5,9-10H;1H3,(H,3,4). The predicted octanol–water partition coefficient (Wildman–Crippen LogP) is 1.96. The van der Waals surface area contributed by atoms with E-state index in [0.717, 1.165) is 17.8 Å². The van der Waals surface area contributed by atoms with E-state index in [1.165, 1.54) is 0 Å². The van der Waals surface area contributed by atoms with E-state index in [0.29, 0.717) is 5.75 Å². The number of carboxylic acids is 1. The molecule has 0 fully saturated rings. The Hall–Kier alpha value is -1.97. The molecule has 0 atom stereocenters. The molecule has 4 nitrogen and oxygen atoms in total. The number of aromatic hydroxyl groups is 1. The zero-order valence-corrected chi connectivity index (χ0v) is 7.69. The zero-order valence-electron chi connectivity index (χ0n) is 7.69. The van der Waals surface area contributed by atoms with Gasteiger partial charge in [0.2, 0.25) is 0 Å². The van der Waals surface area contributed by atoms with E-state index < -0.39 is 5.97 Å². The Balaban J connectivity index is 0.000000213. The largest absolute Gasteiger partial charge is 0.508 e. The molecule has 0 bridgehead atoms. The number of aliphatic carboxylic acids is 1. The zero-order chi connectivity index (χ0) is 10.6. The second-order valence-electron chi connectivity index (χ2n) is 2.77. The monoisotopic (exact) mass is 193 g/mol. The summed E-state index contributed by atoms with van der Waals surface area (Å²) in [5.41, 5.74) is 1.05. The number of H-pyrrole nitrogens is 1. The second-order valence-corrected chi connectivity index (χ2v) is 2.77. The van der Waals surface area contributed by atoms with Crippen LogP contribution in [-0.2, 0) is 4.79 Å². The Labute approximate surface area is 80.8 Å². The van der Waals surface area contributed by atoms with E-state index in [9.17, 15) is 0 Å². The van der Waals surface area contributed by atoms with Crippen molar-refractivity contribution < 1.29 is 15.0 Å². The van der Waals surface area contributed by atoms with Crippen molar-refractivity contribution in [3.8, 4) is 5.75 Å². The van der Waals surface area contributed by atoms with Gasteiger partial charge in [-0.1, -0.05) is 0 Å². The number of fused-ring (bicyclic) bond motifs is 1. The average Bonchev–Trinajstić information content (AvgIpc) is 2.49. The fourth-order valence-corrected chi connectivity index (χ4v) is 1.04. The van der Waals surface area contributed by atoms with E-state index in [4.69, 9.17) is 15.0 Å². The first-order valence-electron chi connectivity index (χ1n) is 4.05. The molecule has 3 N–H and O–H groups in total. The lowest BCUT2D eigenvalue weighted by Crippen LogP contribution is -1.78. The Morgan fingerprint density at radius 3 is 2.64 bits per heavy atom. The third kappa shape index (κ3) is 2.82. The molecule has 1 aromatic carbocycles. The van der Waals surface area contributed by atoms with Crippen molar-refractivity contribution in [3.05, 3.63) is 30.5 Å². The van der Waals surface area contributed by atoms with Gasteiger partial charge in [-0.2, -0.15) is 0 Å². The Kier molecular flexibility index (Phi) is 3.12. The van der Waals surface area contributed by atoms with Gasteiger partial charge in [0.15, 0.2) is 0 Å². The number of carbonyl (C=O) groups is 1. The van der Waals surface area contributed by atoms with Crippen LogP contribution in [0.25, 0.3) is 10.9 Å². The van der Waals surface area contributed by atoms with Crippen molar-refractivity contribution in [1.82, 2.24) is 4.98 Å². The summed E-state index contributed by atoms with van der Waals surface area (Å²) >= 11 is 0. The molecule has 0 aliphatic heterocycles. The smallest absolute Gasteiger partial charge is 0.300 e. The maximum atomic E-state index is 9.03. The fraction of sp³-hybridized carbons (Fsp3) is 0.100. The number of hydrogen-bond donors (Lipinski definition) is 3. The minimum absolute atomic E-state index is 0.312. The molecule has 0 aliphatic carbocycles. The van der Waals surface area contributed by atoms with Crippen LogP contribution in [0.1, 0.15) is 6.92 Å². The highest BCUT2D eigenvalue weighted by molar-refractivity contribution is 5.80. The van der Waals surface area contributed by atoms with Gasteiger partial charge < -0.3 is 15.2 Å². The lowest BCUT2D eigenvalue weighted by Gasteiger charge is -1.89. The number of phenolic OH excluding ortho intramolecular Hbond substituents is 1. The summed E-state index contributed by atoms with van der Waals surface area (Å²) < 4.78 is 0. The number of rotatable bonds is 0. The summed E-state index contributed by atoms with van der Waals surface area (Å²) in [7, 11) is 0. The summed E-state index contributed by atoms with van der Waals surface area (Å²) in [5, 5.41) is 17.5. The van der Waals surface area contributed by atoms with E-state index in [-0.39, 0.29) is 0 Å². The molecule has 0 spiro atoms. The third-order valence-corrected chi connectivity index (χ3v) is 1.54. The second kappa shape index (κ2) is 4.32. The van der Waals surface area contributed by atoms with E-state index in [1.54, 1.807) is 12.1 Å². The van der Waals surface area contributed by atoms with Gasteiger partial charge >= 0.3 is 0 Å². The van der Waals surface area contributed by atoms with Gasteiger partial charge in [-0.25, -0.2) is 0 Å². The number of nitrogens with one attached hydrogen (secondary N) is 1. The molecule has 2 rings (SSSR count). The van der Waals surface area contributed by atoms with Crippen LogP contribution in [0.15, 0.2) is 30.5 Å². The fourth-order valence-electron chi connectivity index (χ4n) is 1.04. The van der Waals surface area contributed by atoms with Crippen LogP contribution in [0.3, 0.4) is 0 Å². The Bertz CT molecular complexity index is 430. The van der Waals surface area contributed by atoms with Crippen LogP contribution in [-0.4, -0.2) is 21.2 Å². The highest BCUT2D eigenvalue weighted by atomic mass is 16.4. The minimum atomic E-state index is -0.833. The number of benzene rings is 1. The van der Waals surface area contributed by atoms with Crippen molar-refractivity contribution in [2.24, 2.45) is 0 Å². The normalized spacial score (nSPS) is 9.21. The summed E-state index contributed by atoms with van der Waals surface area (Å²) in [6.07, 6.45) is 1.85. The van der Waals surface area contributed by atoms with Crippen LogP contribution < -0.4 is 0 Å². The SMILES string of the molecule is CC(=O)O.Oc1ccc2[nH]ccc2c1. The van der Waals surface area contributed by atoms with E-state index in [2.05, 4.69) is 4.98 Å². The lowest BCUT2D eigenvalue weighted by molar-refractivity contribution is -0.134. The molecule has 1 heterocycles. The van der Waals surface area contributed by atoms with Crippen LogP contribution in [0.4, 0.5) is 0 Å². The molecule has 0 unspecified atom stereocenters. The molecule has 74 valence electrons. The van der Waals surface area contributed by atoms with Crippen molar-refractivity contribution in [2.75, 3.05) is 0 Å². The molecule has 0 radical (unpaired) electrons.